The Kier molecular flexibility index (Phi) is 10.9. The second kappa shape index (κ2) is 15.4. The molecule has 1 nitrogen and oxygen atoms in total. The minimum atomic E-state index is 1.01. The SMILES string of the molecule is CCCCCCCCCCc1ccc2oc3c(ccc4c3ccc3c5cc(CCCCCCCCCC)ccc5sc34)c2c1. The standard InChI is InChI=1S/C42H52OS/c1-3-5-7-9-11-13-15-17-19-31-21-27-39-37(29-31)34-24-25-35-33(41(34)43-39)23-26-36-38-30-32(22-28-40(38)44-42(35)36)20-18-16-14-12-10-8-6-4-2/h21-30H,3-20H2,1-2H3. The molecule has 0 unspecified atom stereocenters. The molecule has 0 radical (unpaired) electrons. The third kappa shape index (κ3) is 7.17. The van der Waals surface area contributed by atoms with E-state index in [9.17, 15) is 0 Å². The molecule has 2 heteroatoms. The Bertz CT molecular complexity index is 1670. The first-order valence-corrected chi connectivity index (χ1v) is 18.8. The van der Waals surface area contributed by atoms with E-state index in [-0.39, 0.29) is 0 Å². The van der Waals surface area contributed by atoms with E-state index in [4.69, 9.17) is 4.42 Å². The van der Waals surface area contributed by atoms with Crippen molar-refractivity contribution in [3.8, 4) is 0 Å². The van der Waals surface area contributed by atoms with Crippen LogP contribution < -0.4 is 0 Å². The summed E-state index contributed by atoms with van der Waals surface area (Å²) >= 11 is 1.94. The van der Waals surface area contributed by atoms with Gasteiger partial charge in [-0.15, -0.1) is 11.3 Å². The first-order chi connectivity index (χ1) is 21.8. The van der Waals surface area contributed by atoms with Crippen LogP contribution in [0.1, 0.15) is 128 Å². The Hall–Kier alpha value is -2.84. The Balaban J connectivity index is 1.16. The molecule has 0 bridgehead atoms. The van der Waals surface area contributed by atoms with E-state index in [1.54, 1.807) is 0 Å². The van der Waals surface area contributed by atoms with Gasteiger partial charge < -0.3 is 4.42 Å². The number of rotatable bonds is 18. The number of hydrogen-bond donors (Lipinski definition) is 0. The summed E-state index contributed by atoms with van der Waals surface area (Å²) in [4.78, 5) is 0. The molecule has 0 saturated heterocycles. The number of unbranched alkanes of at least 4 members (excludes halogenated alkanes) is 14. The lowest BCUT2D eigenvalue weighted by molar-refractivity contribution is 0.575. The maximum absolute atomic E-state index is 6.55. The van der Waals surface area contributed by atoms with Gasteiger partial charge in [-0.3, -0.25) is 0 Å². The van der Waals surface area contributed by atoms with Crippen LogP contribution in [0.5, 0.6) is 0 Å². The quantitative estimate of drug-likeness (QED) is 0.0889. The molecule has 0 spiro atoms. The molecule has 0 saturated carbocycles. The van der Waals surface area contributed by atoms with Crippen LogP contribution in [0.15, 0.2) is 65.1 Å². The molecule has 0 aliphatic heterocycles. The van der Waals surface area contributed by atoms with E-state index < -0.39 is 0 Å². The predicted octanol–water partition coefficient (Wildman–Crippen LogP) is 14.5. The van der Waals surface area contributed by atoms with Crippen molar-refractivity contribution in [1.82, 2.24) is 0 Å². The average molecular weight is 605 g/mol. The number of aryl methyl sites for hydroxylation is 2. The van der Waals surface area contributed by atoms with Crippen LogP contribution in [0.3, 0.4) is 0 Å². The van der Waals surface area contributed by atoms with E-state index in [0.717, 1.165) is 17.6 Å². The Morgan fingerprint density at radius 1 is 0.455 bits per heavy atom. The summed E-state index contributed by atoms with van der Waals surface area (Å²) in [6.07, 6.45) is 24.3. The second-order valence-corrected chi connectivity index (χ2v) is 14.3. The third-order valence-electron chi connectivity index (χ3n) is 9.83. The van der Waals surface area contributed by atoms with Gasteiger partial charge in [-0.05, 0) is 73.2 Å². The summed E-state index contributed by atoms with van der Waals surface area (Å²) in [6.45, 7) is 4.59. The van der Waals surface area contributed by atoms with Gasteiger partial charge in [0.05, 0.1) is 0 Å². The Morgan fingerprint density at radius 2 is 0.932 bits per heavy atom. The monoisotopic (exact) mass is 604 g/mol. The fourth-order valence-electron chi connectivity index (χ4n) is 7.20. The lowest BCUT2D eigenvalue weighted by Gasteiger charge is -2.04. The molecular weight excluding hydrogens is 553 g/mol. The van der Waals surface area contributed by atoms with Gasteiger partial charge in [0, 0.05) is 41.7 Å². The van der Waals surface area contributed by atoms with Crippen molar-refractivity contribution in [1.29, 1.82) is 0 Å². The first kappa shape index (κ1) is 31.2. The summed E-state index contributed by atoms with van der Waals surface area (Å²) in [7, 11) is 0. The van der Waals surface area contributed by atoms with Crippen LogP contribution in [-0.4, -0.2) is 0 Å². The van der Waals surface area contributed by atoms with Crippen molar-refractivity contribution >= 4 is 64.2 Å². The molecule has 6 aromatic rings. The minimum Gasteiger partial charge on any atom is -0.455 e. The van der Waals surface area contributed by atoms with Crippen molar-refractivity contribution in [2.24, 2.45) is 0 Å². The van der Waals surface area contributed by atoms with Crippen LogP contribution in [0, 0.1) is 0 Å². The molecule has 0 amide bonds. The van der Waals surface area contributed by atoms with Crippen molar-refractivity contribution < 1.29 is 4.42 Å². The van der Waals surface area contributed by atoms with Crippen LogP contribution >= 0.6 is 11.3 Å². The number of furan rings is 1. The fraction of sp³-hybridized carbons (Fsp3) is 0.476. The molecule has 4 aromatic carbocycles. The van der Waals surface area contributed by atoms with E-state index >= 15 is 0 Å². The zero-order valence-corrected chi connectivity index (χ0v) is 28.1. The van der Waals surface area contributed by atoms with Crippen LogP contribution in [0.25, 0.3) is 52.9 Å². The molecular formula is C42H52OS. The predicted molar refractivity (Wildman–Crippen MR) is 197 cm³/mol. The summed E-state index contributed by atoms with van der Waals surface area (Å²) in [6, 6.07) is 23.4. The molecule has 0 aliphatic carbocycles. The number of thiophene rings is 1. The van der Waals surface area contributed by atoms with Crippen LogP contribution in [0.2, 0.25) is 0 Å². The summed E-state index contributed by atoms with van der Waals surface area (Å²) < 4.78 is 9.33. The zero-order valence-electron chi connectivity index (χ0n) is 27.3. The van der Waals surface area contributed by atoms with Crippen molar-refractivity contribution in [3.05, 3.63) is 71.8 Å². The van der Waals surface area contributed by atoms with Gasteiger partial charge in [-0.1, -0.05) is 128 Å². The summed E-state index contributed by atoms with van der Waals surface area (Å²) in [5, 5.41) is 7.87. The first-order valence-electron chi connectivity index (χ1n) is 18.0. The van der Waals surface area contributed by atoms with E-state index in [2.05, 4.69) is 74.5 Å². The van der Waals surface area contributed by atoms with Crippen molar-refractivity contribution in [3.63, 3.8) is 0 Å². The highest BCUT2D eigenvalue weighted by atomic mass is 32.1. The smallest absolute Gasteiger partial charge is 0.143 e. The maximum atomic E-state index is 6.55. The van der Waals surface area contributed by atoms with Crippen LogP contribution in [-0.2, 0) is 12.8 Å². The Morgan fingerprint density at radius 3 is 1.55 bits per heavy atom. The van der Waals surface area contributed by atoms with E-state index in [1.807, 2.05) is 11.3 Å². The molecule has 0 fully saturated rings. The maximum Gasteiger partial charge on any atom is 0.143 e. The molecule has 6 rings (SSSR count). The van der Waals surface area contributed by atoms with Gasteiger partial charge in [0.25, 0.3) is 0 Å². The second-order valence-electron chi connectivity index (χ2n) is 13.3. The van der Waals surface area contributed by atoms with Crippen molar-refractivity contribution in [2.75, 3.05) is 0 Å². The normalized spacial score (nSPS) is 12.1. The lowest BCUT2D eigenvalue weighted by Crippen LogP contribution is -1.86. The Labute approximate surface area is 269 Å². The summed E-state index contributed by atoms with van der Waals surface area (Å²) in [5.74, 6) is 0. The van der Waals surface area contributed by atoms with Gasteiger partial charge in [0.2, 0.25) is 0 Å². The van der Waals surface area contributed by atoms with Gasteiger partial charge >= 0.3 is 0 Å². The molecule has 0 N–H and O–H groups in total. The highest BCUT2D eigenvalue weighted by molar-refractivity contribution is 7.26. The van der Waals surface area contributed by atoms with Gasteiger partial charge in [-0.25, -0.2) is 0 Å². The highest BCUT2D eigenvalue weighted by Crippen LogP contribution is 2.42. The number of fused-ring (bicyclic) bond motifs is 9. The number of benzene rings is 4. The topological polar surface area (TPSA) is 13.1 Å². The largest absolute Gasteiger partial charge is 0.455 e. The molecule has 2 aromatic heterocycles. The molecule has 2 heterocycles. The van der Waals surface area contributed by atoms with E-state index in [1.165, 1.54) is 162 Å². The molecule has 232 valence electrons. The zero-order chi connectivity index (χ0) is 30.1. The van der Waals surface area contributed by atoms with Crippen LogP contribution in [0.4, 0.5) is 0 Å². The molecule has 0 atom stereocenters. The lowest BCUT2D eigenvalue weighted by atomic mass is 10.00. The molecule has 0 aliphatic rings. The fourth-order valence-corrected chi connectivity index (χ4v) is 8.42. The average Bonchev–Trinajstić information content (AvgIpc) is 3.61. The van der Waals surface area contributed by atoms with Gasteiger partial charge in [0.1, 0.15) is 11.2 Å². The molecule has 44 heavy (non-hydrogen) atoms. The van der Waals surface area contributed by atoms with Crippen molar-refractivity contribution in [2.45, 2.75) is 129 Å². The van der Waals surface area contributed by atoms with Gasteiger partial charge in [0.15, 0.2) is 0 Å². The highest BCUT2D eigenvalue weighted by Gasteiger charge is 2.15. The summed E-state index contributed by atoms with van der Waals surface area (Å²) in [5.41, 5.74) is 4.97. The van der Waals surface area contributed by atoms with E-state index in [0.29, 0.717) is 0 Å². The van der Waals surface area contributed by atoms with Gasteiger partial charge in [-0.2, -0.15) is 0 Å². The minimum absolute atomic E-state index is 1.01. The third-order valence-corrected chi connectivity index (χ3v) is 11.1. The number of hydrogen-bond acceptors (Lipinski definition) is 2.